The third-order valence-corrected chi connectivity index (χ3v) is 3.76. The van der Waals surface area contributed by atoms with Gasteiger partial charge in [0.15, 0.2) is 0 Å². The van der Waals surface area contributed by atoms with Gasteiger partial charge in [0.05, 0.1) is 12.7 Å². The highest BCUT2D eigenvalue weighted by atomic mass is 28.4. The molecule has 0 aromatic rings. The maximum Gasteiger partial charge on any atom is 0.498 e. The standard InChI is InChI=1S/C5H11N3O3Si/c1-5-4-10-12(9,11-5)3-2-7-8-6/h5,9H,2-4H2,1H3. The summed E-state index contributed by atoms with van der Waals surface area (Å²) >= 11 is 0. The fourth-order valence-electron chi connectivity index (χ4n) is 0.997. The first-order valence-corrected chi connectivity index (χ1v) is 5.68. The van der Waals surface area contributed by atoms with E-state index in [0.29, 0.717) is 12.7 Å². The minimum Gasteiger partial charge on any atom is -0.390 e. The summed E-state index contributed by atoms with van der Waals surface area (Å²) in [5.41, 5.74) is 7.99. The third-order valence-electron chi connectivity index (χ3n) is 1.52. The van der Waals surface area contributed by atoms with E-state index in [1.807, 2.05) is 6.92 Å². The molecule has 7 heteroatoms. The van der Waals surface area contributed by atoms with Gasteiger partial charge in [-0.1, -0.05) is 5.11 Å². The Morgan fingerprint density at radius 2 is 2.58 bits per heavy atom. The van der Waals surface area contributed by atoms with Crippen molar-refractivity contribution in [3.63, 3.8) is 0 Å². The fourth-order valence-corrected chi connectivity index (χ4v) is 2.90. The monoisotopic (exact) mass is 189 g/mol. The maximum absolute atomic E-state index is 9.60. The lowest BCUT2D eigenvalue weighted by Crippen LogP contribution is -2.37. The zero-order valence-corrected chi connectivity index (χ0v) is 7.80. The van der Waals surface area contributed by atoms with E-state index in [4.69, 9.17) is 14.4 Å². The molecular formula is C5H11N3O3Si. The number of hydrogen-bond acceptors (Lipinski definition) is 4. The molecule has 0 aliphatic carbocycles. The van der Waals surface area contributed by atoms with Crippen molar-refractivity contribution in [2.24, 2.45) is 5.11 Å². The molecule has 6 nitrogen and oxygen atoms in total. The first-order valence-electron chi connectivity index (χ1n) is 3.71. The Morgan fingerprint density at radius 3 is 3.08 bits per heavy atom. The molecule has 1 aliphatic rings. The predicted octanol–water partition coefficient (Wildman–Crippen LogP) is 0.663. The van der Waals surface area contributed by atoms with E-state index in [0.717, 1.165) is 0 Å². The minimum atomic E-state index is -2.95. The zero-order valence-electron chi connectivity index (χ0n) is 6.80. The van der Waals surface area contributed by atoms with Crippen LogP contribution < -0.4 is 0 Å². The van der Waals surface area contributed by atoms with E-state index in [1.54, 1.807) is 0 Å². The van der Waals surface area contributed by atoms with Crippen molar-refractivity contribution < 1.29 is 13.6 Å². The molecule has 0 saturated carbocycles. The summed E-state index contributed by atoms with van der Waals surface area (Å²) in [5.74, 6) is 0. The molecule has 1 heterocycles. The lowest BCUT2D eigenvalue weighted by molar-refractivity contribution is 0.191. The van der Waals surface area contributed by atoms with Gasteiger partial charge in [-0.2, -0.15) is 0 Å². The third kappa shape index (κ3) is 2.47. The Balaban J connectivity index is 2.34. The molecule has 0 bridgehead atoms. The molecule has 0 amide bonds. The summed E-state index contributed by atoms with van der Waals surface area (Å²) in [6.07, 6.45) is -0.0484. The molecule has 1 saturated heterocycles. The molecule has 0 spiro atoms. The van der Waals surface area contributed by atoms with Crippen LogP contribution in [0, 0.1) is 0 Å². The normalized spacial score (nSPS) is 34.7. The van der Waals surface area contributed by atoms with Gasteiger partial charge < -0.3 is 13.6 Å². The second-order valence-electron chi connectivity index (χ2n) is 2.66. The van der Waals surface area contributed by atoms with Gasteiger partial charge in [0, 0.05) is 17.5 Å². The van der Waals surface area contributed by atoms with Crippen molar-refractivity contribution in [2.75, 3.05) is 13.2 Å². The molecule has 1 rings (SSSR count). The zero-order chi connectivity index (χ0) is 9.03. The summed E-state index contributed by atoms with van der Waals surface area (Å²) in [6.45, 7) is 2.49. The molecule has 1 N–H and O–H groups in total. The van der Waals surface area contributed by atoms with E-state index in [9.17, 15) is 4.80 Å². The van der Waals surface area contributed by atoms with Crippen LogP contribution in [0.25, 0.3) is 10.4 Å². The van der Waals surface area contributed by atoms with Crippen molar-refractivity contribution in [3.05, 3.63) is 10.4 Å². The van der Waals surface area contributed by atoms with Gasteiger partial charge in [0.1, 0.15) is 0 Å². The summed E-state index contributed by atoms with van der Waals surface area (Å²) in [6, 6.07) is 0.307. The highest BCUT2D eigenvalue weighted by Crippen LogP contribution is 2.19. The molecular weight excluding hydrogens is 178 g/mol. The number of rotatable bonds is 3. The molecule has 0 aromatic carbocycles. The SMILES string of the molecule is CC1CO[Si](O)(CCN=[N+]=[N-])O1. The summed E-state index contributed by atoms with van der Waals surface area (Å²) in [7, 11) is -2.95. The van der Waals surface area contributed by atoms with Crippen LogP contribution in [-0.4, -0.2) is 32.9 Å². The summed E-state index contributed by atoms with van der Waals surface area (Å²) in [5, 5.41) is 3.30. The van der Waals surface area contributed by atoms with Crippen molar-refractivity contribution in [1.82, 2.24) is 0 Å². The van der Waals surface area contributed by atoms with Gasteiger partial charge >= 0.3 is 8.80 Å². The van der Waals surface area contributed by atoms with Crippen molar-refractivity contribution >= 4 is 8.80 Å². The lowest BCUT2D eigenvalue weighted by atomic mass is 10.5. The maximum atomic E-state index is 9.60. The Labute approximate surface area is 71.1 Å². The first-order chi connectivity index (χ1) is 5.66. The smallest absolute Gasteiger partial charge is 0.390 e. The van der Waals surface area contributed by atoms with E-state index < -0.39 is 8.80 Å². The van der Waals surface area contributed by atoms with Crippen LogP contribution in [0.2, 0.25) is 6.04 Å². The van der Waals surface area contributed by atoms with Crippen LogP contribution in [-0.2, 0) is 8.85 Å². The molecule has 2 atom stereocenters. The number of nitrogens with zero attached hydrogens (tertiary/aromatic N) is 3. The van der Waals surface area contributed by atoms with Crippen LogP contribution >= 0.6 is 0 Å². The Bertz CT molecular complexity index is 208. The highest BCUT2D eigenvalue weighted by Gasteiger charge is 2.43. The lowest BCUT2D eigenvalue weighted by Gasteiger charge is -2.14. The van der Waals surface area contributed by atoms with Crippen LogP contribution in [0.3, 0.4) is 0 Å². The van der Waals surface area contributed by atoms with Gasteiger partial charge in [0.25, 0.3) is 0 Å². The molecule has 0 radical (unpaired) electrons. The molecule has 68 valence electrons. The molecule has 12 heavy (non-hydrogen) atoms. The van der Waals surface area contributed by atoms with Gasteiger partial charge in [-0.25, -0.2) is 0 Å². The van der Waals surface area contributed by atoms with Gasteiger partial charge in [-0.15, -0.1) is 0 Å². The minimum absolute atomic E-state index is 0.0484. The number of azide groups is 1. The van der Waals surface area contributed by atoms with Gasteiger partial charge in [0.2, 0.25) is 0 Å². The fraction of sp³-hybridized carbons (Fsp3) is 1.00. The second-order valence-corrected chi connectivity index (χ2v) is 5.11. The van der Waals surface area contributed by atoms with E-state index in [2.05, 4.69) is 10.0 Å². The number of hydrogen-bond donors (Lipinski definition) is 1. The molecule has 1 fully saturated rings. The average Bonchev–Trinajstić information content (AvgIpc) is 2.32. The van der Waals surface area contributed by atoms with Crippen molar-refractivity contribution in [3.8, 4) is 0 Å². The quantitative estimate of drug-likeness (QED) is 0.306. The Kier molecular flexibility index (Phi) is 3.07. The van der Waals surface area contributed by atoms with Crippen LogP contribution in [0.4, 0.5) is 0 Å². The van der Waals surface area contributed by atoms with Gasteiger partial charge in [-0.3, -0.25) is 0 Å². The predicted molar refractivity (Wildman–Crippen MR) is 43.3 cm³/mol. The highest BCUT2D eigenvalue weighted by molar-refractivity contribution is 6.59. The van der Waals surface area contributed by atoms with Crippen LogP contribution in [0.15, 0.2) is 5.11 Å². The topological polar surface area (TPSA) is 87.5 Å². The van der Waals surface area contributed by atoms with Crippen molar-refractivity contribution in [2.45, 2.75) is 19.1 Å². The Hall–Kier alpha value is -0.593. The van der Waals surface area contributed by atoms with Crippen LogP contribution in [0.1, 0.15) is 6.92 Å². The van der Waals surface area contributed by atoms with Crippen molar-refractivity contribution in [1.29, 1.82) is 0 Å². The van der Waals surface area contributed by atoms with Gasteiger partial charge in [-0.05, 0) is 12.5 Å². The second kappa shape index (κ2) is 3.88. The molecule has 2 unspecified atom stereocenters. The molecule has 0 aromatic heterocycles. The van der Waals surface area contributed by atoms with E-state index in [-0.39, 0.29) is 12.6 Å². The largest absolute Gasteiger partial charge is 0.498 e. The summed E-state index contributed by atoms with van der Waals surface area (Å²) < 4.78 is 10.3. The average molecular weight is 189 g/mol. The summed E-state index contributed by atoms with van der Waals surface area (Å²) in [4.78, 5) is 12.2. The van der Waals surface area contributed by atoms with E-state index in [1.165, 1.54) is 0 Å². The Morgan fingerprint density at radius 1 is 1.83 bits per heavy atom. The van der Waals surface area contributed by atoms with E-state index >= 15 is 0 Å². The van der Waals surface area contributed by atoms with Crippen LogP contribution in [0.5, 0.6) is 0 Å². The first kappa shape index (κ1) is 9.49. The molecule has 1 aliphatic heterocycles.